The molecule has 5 nitrogen and oxygen atoms in total. The molecule has 6 heteroatoms. The van der Waals surface area contributed by atoms with E-state index in [1.165, 1.54) is 7.05 Å². The van der Waals surface area contributed by atoms with Crippen LogP contribution in [-0.2, 0) is 10.2 Å². The van der Waals surface area contributed by atoms with Crippen LogP contribution in [0.3, 0.4) is 0 Å². The van der Waals surface area contributed by atoms with Crippen LogP contribution in [0.4, 0.5) is 0 Å². The molecule has 0 aliphatic heterocycles. The van der Waals surface area contributed by atoms with E-state index >= 15 is 0 Å². The molecule has 0 fully saturated rings. The third kappa shape index (κ3) is 3.93. The molecule has 11 heavy (non-hydrogen) atoms. The van der Waals surface area contributed by atoms with Crippen LogP contribution in [0.2, 0.25) is 0 Å². The summed E-state index contributed by atoms with van der Waals surface area (Å²) in [6.07, 6.45) is 0.456. The summed E-state index contributed by atoms with van der Waals surface area (Å²) < 4.78 is 25.7. The van der Waals surface area contributed by atoms with E-state index < -0.39 is 16.3 Å². The monoisotopic (exact) mass is 177 g/mol. The zero-order valence-corrected chi connectivity index (χ0v) is 7.27. The summed E-state index contributed by atoms with van der Waals surface area (Å²) in [6.45, 7) is 1.73. The number of hydrogen-bond donors (Lipinski definition) is 2. The Kier molecular flexibility index (Phi) is 4.03. The number of rotatable bonds is 4. The maximum atomic E-state index is 10.8. The topological polar surface area (TPSA) is 82.0 Å². The third-order valence-corrected chi connectivity index (χ3v) is 2.26. The molecule has 0 saturated carbocycles. The maximum absolute atomic E-state index is 10.8. The first-order valence-corrected chi connectivity index (χ1v) is 4.64. The summed E-state index contributed by atoms with van der Waals surface area (Å²) in [5.41, 5.74) is 0. The van der Waals surface area contributed by atoms with Crippen LogP contribution < -0.4 is 9.44 Å². The summed E-state index contributed by atoms with van der Waals surface area (Å²) in [6, 6.07) is 1.17. The lowest BCUT2D eigenvalue weighted by Crippen LogP contribution is -2.40. The van der Waals surface area contributed by atoms with Crippen LogP contribution >= 0.6 is 0 Å². The molecule has 64 valence electrons. The molecular weight excluding hydrogens is 166 g/mol. The van der Waals surface area contributed by atoms with Gasteiger partial charge in [0.2, 0.25) is 0 Å². The van der Waals surface area contributed by atoms with Crippen molar-refractivity contribution < 1.29 is 8.42 Å². The van der Waals surface area contributed by atoms with E-state index in [-0.39, 0.29) is 0 Å². The predicted octanol–water partition coefficient (Wildman–Crippen LogP) is -0.658. The van der Waals surface area contributed by atoms with Crippen molar-refractivity contribution in [2.45, 2.75) is 19.4 Å². The van der Waals surface area contributed by atoms with Gasteiger partial charge < -0.3 is 0 Å². The van der Waals surface area contributed by atoms with E-state index in [4.69, 9.17) is 5.26 Å². The van der Waals surface area contributed by atoms with Gasteiger partial charge in [0.05, 0.1) is 6.07 Å². The highest BCUT2D eigenvalue weighted by Crippen LogP contribution is 1.89. The lowest BCUT2D eigenvalue weighted by Gasteiger charge is -2.07. The average molecular weight is 177 g/mol. The van der Waals surface area contributed by atoms with Crippen LogP contribution in [0.1, 0.15) is 13.3 Å². The molecule has 1 unspecified atom stereocenters. The Balaban J connectivity index is 4.15. The van der Waals surface area contributed by atoms with Gasteiger partial charge in [-0.15, -0.1) is 0 Å². The Labute approximate surface area is 66.6 Å². The Hall–Kier alpha value is -0.640. The van der Waals surface area contributed by atoms with Crippen molar-refractivity contribution in [2.24, 2.45) is 0 Å². The molecule has 0 aromatic rings. The van der Waals surface area contributed by atoms with Crippen molar-refractivity contribution in [2.75, 3.05) is 7.05 Å². The van der Waals surface area contributed by atoms with E-state index in [1.807, 2.05) is 6.07 Å². The SMILES string of the molecule is CCC(C#N)NS(=O)(=O)NC. The minimum Gasteiger partial charge on any atom is -0.205 e. The molecule has 0 spiro atoms. The van der Waals surface area contributed by atoms with Gasteiger partial charge in [-0.05, 0) is 6.42 Å². The smallest absolute Gasteiger partial charge is 0.205 e. The van der Waals surface area contributed by atoms with E-state index in [0.29, 0.717) is 6.42 Å². The quantitative estimate of drug-likeness (QED) is 0.598. The van der Waals surface area contributed by atoms with Crippen molar-refractivity contribution in [3.63, 3.8) is 0 Å². The fourth-order valence-corrected chi connectivity index (χ4v) is 1.16. The van der Waals surface area contributed by atoms with Gasteiger partial charge in [0, 0.05) is 7.05 Å². The Morgan fingerprint density at radius 1 is 1.64 bits per heavy atom. The minimum absolute atomic E-state index is 0.456. The van der Waals surface area contributed by atoms with E-state index in [1.54, 1.807) is 6.92 Å². The minimum atomic E-state index is -3.47. The first-order chi connectivity index (χ1) is 5.05. The summed E-state index contributed by atoms with van der Waals surface area (Å²) >= 11 is 0. The highest BCUT2D eigenvalue weighted by atomic mass is 32.2. The molecule has 0 rings (SSSR count). The van der Waals surface area contributed by atoms with Crippen molar-refractivity contribution in [1.82, 2.24) is 9.44 Å². The number of hydrogen-bond acceptors (Lipinski definition) is 3. The van der Waals surface area contributed by atoms with Gasteiger partial charge in [0.1, 0.15) is 6.04 Å². The molecule has 0 aromatic carbocycles. The fraction of sp³-hybridized carbons (Fsp3) is 0.800. The van der Waals surface area contributed by atoms with Crippen molar-refractivity contribution in [3.05, 3.63) is 0 Å². The second kappa shape index (κ2) is 4.28. The van der Waals surface area contributed by atoms with Crippen LogP contribution in [0, 0.1) is 11.3 Å². The molecule has 0 heterocycles. The zero-order chi connectivity index (χ0) is 8.91. The fourth-order valence-electron chi connectivity index (χ4n) is 0.447. The van der Waals surface area contributed by atoms with Gasteiger partial charge in [-0.25, -0.2) is 4.72 Å². The van der Waals surface area contributed by atoms with Crippen LogP contribution in [0.5, 0.6) is 0 Å². The maximum Gasteiger partial charge on any atom is 0.277 e. The summed E-state index contributed by atoms with van der Waals surface area (Å²) in [5.74, 6) is 0. The van der Waals surface area contributed by atoms with Crippen molar-refractivity contribution in [3.8, 4) is 6.07 Å². The molecule has 0 aliphatic carbocycles. The number of nitriles is 1. The van der Waals surface area contributed by atoms with Gasteiger partial charge in [-0.3, -0.25) is 0 Å². The molecule has 0 amide bonds. The van der Waals surface area contributed by atoms with Crippen molar-refractivity contribution in [1.29, 1.82) is 5.26 Å². The van der Waals surface area contributed by atoms with Gasteiger partial charge in [0.15, 0.2) is 0 Å². The van der Waals surface area contributed by atoms with Crippen LogP contribution in [0.15, 0.2) is 0 Å². The molecular formula is C5H11N3O2S. The Bertz CT molecular complexity index is 241. The second-order valence-corrected chi connectivity index (χ2v) is 3.57. The average Bonchev–Trinajstić information content (AvgIpc) is 2.00. The standard InChI is InChI=1S/C5H11N3O2S/c1-3-5(4-6)8-11(9,10)7-2/h5,7-8H,3H2,1-2H3. The largest absolute Gasteiger partial charge is 0.277 e. The highest BCUT2D eigenvalue weighted by molar-refractivity contribution is 7.87. The summed E-state index contributed by atoms with van der Waals surface area (Å²) in [7, 11) is -2.18. The second-order valence-electron chi connectivity index (χ2n) is 1.92. The molecule has 0 aliphatic rings. The van der Waals surface area contributed by atoms with Crippen LogP contribution in [0.25, 0.3) is 0 Å². The van der Waals surface area contributed by atoms with Gasteiger partial charge in [0.25, 0.3) is 10.2 Å². The third-order valence-electron chi connectivity index (χ3n) is 1.13. The summed E-state index contributed by atoms with van der Waals surface area (Å²) in [4.78, 5) is 0. The van der Waals surface area contributed by atoms with Gasteiger partial charge in [-0.1, -0.05) is 6.92 Å². The molecule has 2 N–H and O–H groups in total. The molecule has 0 bridgehead atoms. The lowest BCUT2D eigenvalue weighted by atomic mass is 10.3. The molecule has 1 atom stereocenters. The highest BCUT2D eigenvalue weighted by Gasteiger charge is 2.12. The first kappa shape index (κ1) is 10.4. The first-order valence-electron chi connectivity index (χ1n) is 3.16. The number of nitrogens with one attached hydrogen (secondary N) is 2. The van der Waals surface area contributed by atoms with E-state index in [0.717, 1.165) is 0 Å². The number of nitrogens with zero attached hydrogens (tertiary/aromatic N) is 1. The lowest BCUT2D eigenvalue weighted by molar-refractivity contribution is 0.561. The Morgan fingerprint density at radius 3 is 2.45 bits per heavy atom. The molecule has 0 radical (unpaired) electrons. The molecule has 0 saturated heterocycles. The zero-order valence-electron chi connectivity index (χ0n) is 6.46. The van der Waals surface area contributed by atoms with Crippen molar-refractivity contribution >= 4 is 10.2 Å². The van der Waals surface area contributed by atoms with E-state index in [9.17, 15) is 8.42 Å². The van der Waals surface area contributed by atoms with Gasteiger partial charge >= 0.3 is 0 Å². The van der Waals surface area contributed by atoms with Crippen LogP contribution in [-0.4, -0.2) is 21.5 Å². The Morgan fingerprint density at radius 2 is 2.18 bits per heavy atom. The molecule has 0 aromatic heterocycles. The normalized spacial score (nSPS) is 13.9. The predicted molar refractivity (Wildman–Crippen MR) is 40.8 cm³/mol. The van der Waals surface area contributed by atoms with Gasteiger partial charge in [-0.2, -0.15) is 18.4 Å². The summed E-state index contributed by atoms with van der Waals surface area (Å²) in [5, 5.41) is 8.38. The van der Waals surface area contributed by atoms with E-state index in [2.05, 4.69) is 9.44 Å².